The molecule has 5 heteroatoms. The van der Waals surface area contributed by atoms with Gasteiger partial charge in [0.25, 0.3) is 0 Å². The van der Waals surface area contributed by atoms with Gasteiger partial charge in [0.2, 0.25) is 0 Å². The van der Waals surface area contributed by atoms with Gasteiger partial charge in [-0.3, -0.25) is 0 Å². The molecule has 0 aliphatic carbocycles. The van der Waals surface area contributed by atoms with E-state index in [4.69, 9.17) is 13.6 Å². The predicted molar refractivity (Wildman–Crippen MR) is 50.0 cm³/mol. The van der Waals surface area contributed by atoms with Crippen molar-refractivity contribution in [3.63, 3.8) is 0 Å². The van der Waals surface area contributed by atoms with E-state index in [-0.39, 0.29) is 6.10 Å². The zero-order chi connectivity index (χ0) is 9.61. The summed E-state index contributed by atoms with van der Waals surface area (Å²) < 4.78 is 15.2. The minimum atomic E-state index is -3.31. The first-order valence-corrected chi connectivity index (χ1v) is 5.89. The normalized spacial score (nSPS) is 13.8. The van der Waals surface area contributed by atoms with Gasteiger partial charge in [-0.15, -0.1) is 0 Å². The molecule has 0 atom stereocenters. The van der Waals surface area contributed by atoms with E-state index in [9.17, 15) is 4.89 Å². The van der Waals surface area contributed by atoms with Crippen LogP contribution in [0.1, 0.15) is 27.7 Å². The minimum absolute atomic E-state index is 0.0835. The van der Waals surface area contributed by atoms with Crippen LogP contribution in [0, 0.1) is 0 Å². The van der Waals surface area contributed by atoms with Crippen LogP contribution >= 0.6 is 8.17 Å². The van der Waals surface area contributed by atoms with Crippen molar-refractivity contribution in [3.8, 4) is 0 Å². The van der Waals surface area contributed by atoms with Gasteiger partial charge in [-0.25, -0.2) is 0 Å². The second-order valence-corrected chi connectivity index (χ2v) is 4.42. The van der Waals surface area contributed by atoms with Crippen LogP contribution in [0.5, 0.6) is 0 Å². The van der Waals surface area contributed by atoms with Gasteiger partial charge in [0, 0.05) is 0 Å². The summed E-state index contributed by atoms with van der Waals surface area (Å²) in [5.74, 6) is 0. The molecule has 0 aromatic carbocycles. The fourth-order valence-electron chi connectivity index (χ4n) is 0.772. The van der Waals surface area contributed by atoms with E-state index in [0.717, 1.165) is 0 Å². The van der Waals surface area contributed by atoms with Crippen LogP contribution in [0.2, 0.25) is 0 Å². The predicted octanol–water partition coefficient (Wildman–Crippen LogP) is 1.89. The van der Waals surface area contributed by atoms with Crippen LogP contribution in [-0.2, 0) is 13.6 Å². The SMILES string of the molecule is CCO[PH](O)(OCC)OC(C)C. The van der Waals surface area contributed by atoms with Gasteiger partial charge in [0.15, 0.2) is 0 Å². The maximum absolute atomic E-state index is 9.65. The van der Waals surface area contributed by atoms with Crippen molar-refractivity contribution in [3.05, 3.63) is 0 Å². The van der Waals surface area contributed by atoms with Crippen molar-refractivity contribution < 1.29 is 18.5 Å². The van der Waals surface area contributed by atoms with Crippen LogP contribution in [-0.4, -0.2) is 24.2 Å². The summed E-state index contributed by atoms with van der Waals surface area (Å²) in [6, 6.07) is 0. The molecule has 0 fully saturated rings. The Kier molecular flexibility index (Phi) is 5.97. The first-order chi connectivity index (χ1) is 5.54. The summed E-state index contributed by atoms with van der Waals surface area (Å²) in [4.78, 5) is 9.65. The van der Waals surface area contributed by atoms with Gasteiger partial charge in [0.1, 0.15) is 0 Å². The quantitative estimate of drug-likeness (QED) is 0.662. The molecule has 0 unspecified atom stereocenters. The fourth-order valence-corrected chi connectivity index (χ4v) is 2.32. The molecule has 0 radical (unpaired) electrons. The van der Waals surface area contributed by atoms with E-state index < -0.39 is 8.17 Å². The average Bonchev–Trinajstić information content (AvgIpc) is 1.85. The number of hydrogen-bond donors (Lipinski definition) is 1. The van der Waals surface area contributed by atoms with Crippen molar-refractivity contribution in [1.82, 2.24) is 0 Å². The Morgan fingerprint density at radius 2 is 1.58 bits per heavy atom. The summed E-state index contributed by atoms with van der Waals surface area (Å²) in [7, 11) is -3.31. The summed E-state index contributed by atoms with van der Waals surface area (Å²) in [5, 5.41) is 0. The molecule has 0 aromatic heterocycles. The second kappa shape index (κ2) is 5.84. The van der Waals surface area contributed by atoms with E-state index >= 15 is 0 Å². The molecule has 1 N–H and O–H groups in total. The monoisotopic (exact) mass is 198 g/mol. The van der Waals surface area contributed by atoms with Crippen LogP contribution in [0.25, 0.3) is 0 Å². The summed E-state index contributed by atoms with van der Waals surface area (Å²) in [6.45, 7) is 8.04. The topological polar surface area (TPSA) is 47.9 Å². The average molecular weight is 198 g/mol. The van der Waals surface area contributed by atoms with E-state index in [0.29, 0.717) is 13.2 Å². The van der Waals surface area contributed by atoms with Crippen LogP contribution in [0.15, 0.2) is 0 Å². The third-order valence-electron chi connectivity index (χ3n) is 1.04. The van der Waals surface area contributed by atoms with Crippen molar-refractivity contribution >= 4 is 8.17 Å². The molecule has 4 nitrogen and oxygen atoms in total. The molecule has 0 rings (SSSR count). The van der Waals surface area contributed by atoms with Crippen LogP contribution in [0.3, 0.4) is 0 Å². The molecule has 0 saturated heterocycles. The van der Waals surface area contributed by atoms with E-state index in [1.165, 1.54) is 0 Å². The molecule has 0 heterocycles. The molecule has 0 amide bonds. The van der Waals surface area contributed by atoms with Crippen molar-refractivity contribution in [2.24, 2.45) is 0 Å². The molecule has 0 aliphatic rings. The number of rotatable bonds is 6. The molecule has 0 aliphatic heterocycles. The van der Waals surface area contributed by atoms with Gasteiger partial charge in [-0.05, 0) is 0 Å². The first kappa shape index (κ1) is 12.3. The molecule has 0 aromatic rings. The Morgan fingerprint density at radius 1 is 1.17 bits per heavy atom. The standard InChI is InChI=1S/C7H19O4P/c1-5-9-12(8,10-6-2)11-7(3)4/h7-8,12H,5-6H2,1-4H3. The van der Waals surface area contributed by atoms with Gasteiger partial charge in [0.05, 0.1) is 0 Å². The fraction of sp³-hybridized carbons (Fsp3) is 1.00. The Bertz CT molecular complexity index is 112. The number of hydrogen-bond acceptors (Lipinski definition) is 4. The van der Waals surface area contributed by atoms with Gasteiger partial charge in [-0.2, -0.15) is 0 Å². The van der Waals surface area contributed by atoms with Gasteiger partial charge < -0.3 is 0 Å². The Balaban J connectivity index is 3.98. The first-order valence-electron chi connectivity index (χ1n) is 4.22. The van der Waals surface area contributed by atoms with E-state index in [1.807, 2.05) is 13.8 Å². The van der Waals surface area contributed by atoms with Gasteiger partial charge >= 0.3 is 73.6 Å². The third kappa shape index (κ3) is 5.01. The Morgan fingerprint density at radius 3 is 1.83 bits per heavy atom. The van der Waals surface area contributed by atoms with Crippen molar-refractivity contribution in [1.29, 1.82) is 0 Å². The molecular formula is C7H19O4P. The zero-order valence-corrected chi connectivity index (χ0v) is 9.16. The molecule has 0 spiro atoms. The Hall–Kier alpha value is 0.270. The van der Waals surface area contributed by atoms with E-state index in [1.54, 1.807) is 13.8 Å². The van der Waals surface area contributed by atoms with E-state index in [2.05, 4.69) is 0 Å². The molecular weight excluding hydrogens is 179 g/mol. The summed E-state index contributed by atoms with van der Waals surface area (Å²) in [5.41, 5.74) is 0. The maximum atomic E-state index is 9.65. The Labute approximate surface area is 74.5 Å². The summed E-state index contributed by atoms with van der Waals surface area (Å²) in [6.07, 6.45) is -0.0835. The zero-order valence-electron chi connectivity index (χ0n) is 8.16. The molecule has 0 saturated carbocycles. The van der Waals surface area contributed by atoms with Crippen LogP contribution < -0.4 is 0 Å². The van der Waals surface area contributed by atoms with Crippen LogP contribution in [0.4, 0.5) is 0 Å². The second-order valence-electron chi connectivity index (χ2n) is 2.56. The molecule has 76 valence electrons. The van der Waals surface area contributed by atoms with Crippen molar-refractivity contribution in [2.45, 2.75) is 33.8 Å². The molecule has 0 bridgehead atoms. The third-order valence-corrected chi connectivity index (χ3v) is 3.11. The van der Waals surface area contributed by atoms with Gasteiger partial charge in [-0.1, -0.05) is 0 Å². The summed E-state index contributed by atoms with van der Waals surface area (Å²) >= 11 is 0. The molecule has 12 heavy (non-hydrogen) atoms. The van der Waals surface area contributed by atoms with Crippen molar-refractivity contribution in [2.75, 3.05) is 13.2 Å².